The van der Waals surface area contributed by atoms with Gasteiger partial charge in [0, 0.05) is 0 Å². The Labute approximate surface area is 272 Å². The van der Waals surface area contributed by atoms with Gasteiger partial charge in [0.15, 0.2) is 0 Å². The smallest absolute Gasteiger partial charge is 0.234 e. The molecule has 0 fully saturated rings. The number of aromatic nitrogens is 2. The Morgan fingerprint density at radius 2 is 0.744 bits per heavy atom. The van der Waals surface area contributed by atoms with E-state index < -0.39 is 0 Å². The van der Waals surface area contributed by atoms with Gasteiger partial charge in [-0.05, 0) is 25.7 Å². The fourth-order valence-electron chi connectivity index (χ4n) is 7.00. The van der Waals surface area contributed by atoms with Gasteiger partial charge < -0.3 is 0 Å². The maximum atomic E-state index is 2.57. The highest BCUT2D eigenvalue weighted by Crippen LogP contribution is 2.17. The number of imidazole rings is 1. The normalized spacial score (nSPS) is 11.7. The van der Waals surface area contributed by atoms with Crippen molar-refractivity contribution in [1.82, 2.24) is 4.57 Å². The lowest BCUT2D eigenvalue weighted by molar-refractivity contribution is -0.705. The summed E-state index contributed by atoms with van der Waals surface area (Å²) in [7, 11) is 0. The molecule has 254 valence electrons. The Kier molecular flexibility index (Phi) is 29.2. The van der Waals surface area contributed by atoms with Crippen molar-refractivity contribution in [2.24, 2.45) is 0 Å². The van der Waals surface area contributed by atoms with Crippen molar-refractivity contribution >= 4 is 0 Å². The Morgan fingerprint density at radius 3 is 1.07 bits per heavy atom. The van der Waals surface area contributed by atoms with E-state index in [0.717, 1.165) is 0 Å². The van der Waals surface area contributed by atoms with Crippen LogP contribution in [0.15, 0.2) is 12.4 Å². The van der Waals surface area contributed by atoms with Crippen LogP contribution in [0.1, 0.15) is 238 Å². The quantitative estimate of drug-likeness (QED) is 0.0549. The standard InChI is InChI=1S/C41H81N2/c1-5-7-9-11-13-15-17-19-21-22-23-25-27-29-31-33-35-37-43-39-38-42(41(43)40(3)4)36-34-32-30-28-26-24-20-18-16-14-12-10-8-6-2/h38-40H,5-37H2,1-4H3/q+1. The maximum Gasteiger partial charge on any atom is 0.258 e. The molecule has 0 aliphatic rings. The molecule has 0 aliphatic heterocycles. The molecule has 0 unspecified atom stereocenters. The lowest BCUT2D eigenvalue weighted by Crippen LogP contribution is -2.38. The Morgan fingerprint density at radius 1 is 0.442 bits per heavy atom. The zero-order chi connectivity index (χ0) is 31.1. The number of hydrogen-bond acceptors (Lipinski definition) is 0. The largest absolute Gasteiger partial charge is 0.258 e. The van der Waals surface area contributed by atoms with E-state index in [1.165, 1.54) is 212 Å². The van der Waals surface area contributed by atoms with Gasteiger partial charge in [0.25, 0.3) is 5.82 Å². The van der Waals surface area contributed by atoms with Crippen molar-refractivity contribution < 1.29 is 4.57 Å². The molecule has 0 atom stereocenters. The van der Waals surface area contributed by atoms with Gasteiger partial charge in [-0.2, -0.15) is 0 Å². The highest BCUT2D eigenvalue weighted by Gasteiger charge is 2.20. The fourth-order valence-corrected chi connectivity index (χ4v) is 7.00. The second-order valence-electron chi connectivity index (χ2n) is 14.5. The SMILES string of the molecule is CCCCCCCCCCCCCCCCCCCn1cc[n+](CCCCCCCCCCCCCCCC)c1C(C)C. The molecule has 0 radical (unpaired) electrons. The first-order valence-corrected chi connectivity index (χ1v) is 20.3. The van der Waals surface area contributed by atoms with Gasteiger partial charge in [-0.15, -0.1) is 0 Å². The number of unbranched alkanes of at least 4 members (excludes halogenated alkanes) is 29. The monoisotopic (exact) mass is 602 g/mol. The van der Waals surface area contributed by atoms with Crippen LogP contribution < -0.4 is 4.57 Å². The van der Waals surface area contributed by atoms with Crippen molar-refractivity contribution in [3.8, 4) is 0 Å². The van der Waals surface area contributed by atoms with Crippen LogP contribution in [-0.2, 0) is 13.1 Å². The Balaban J connectivity index is 1.98. The van der Waals surface area contributed by atoms with Crippen LogP contribution in [0.2, 0.25) is 0 Å². The van der Waals surface area contributed by atoms with Crippen LogP contribution in [0.25, 0.3) is 0 Å². The zero-order valence-corrected chi connectivity index (χ0v) is 30.5. The third-order valence-electron chi connectivity index (χ3n) is 9.79. The first-order valence-electron chi connectivity index (χ1n) is 20.3. The fraction of sp³-hybridized carbons (Fsp3) is 0.927. The van der Waals surface area contributed by atoms with E-state index in [-0.39, 0.29) is 0 Å². The molecular formula is C41H81N2+. The van der Waals surface area contributed by atoms with E-state index in [1.54, 1.807) is 5.82 Å². The molecule has 0 N–H and O–H groups in total. The van der Waals surface area contributed by atoms with E-state index in [9.17, 15) is 0 Å². The minimum absolute atomic E-state index is 0.604. The Bertz CT molecular complexity index is 675. The van der Waals surface area contributed by atoms with Gasteiger partial charge in [-0.3, -0.25) is 0 Å². The van der Waals surface area contributed by atoms with E-state index in [4.69, 9.17) is 0 Å². The van der Waals surface area contributed by atoms with E-state index in [1.807, 2.05) is 0 Å². The average molecular weight is 602 g/mol. The molecule has 1 aromatic heterocycles. The second-order valence-corrected chi connectivity index (χ2v) is 14.5. The molecule has 0 saturated heterocycles. The summed E-state index contributed by atoms with van der Waals surface area (Å²) >= 11 is 0. The van der Waals surface area contributed by atoms with E-state index in [0.29, 0.717) is 5.92 Å². The van der Waals surface area contributed by atoms with Gasteiger partial charge in [0.05, 0.1) is 19.0 Å². The molecular weight excluding hydrogens is 520 g/mol. The summed E-state index contributed by atoms with van der Waals surface area (Å²) in [5.74, 6) is 2.15. The molecule has 0 amide bonds. The first kappa shape index (κ1) is 40.2. The van der Waals surface area contributed by atoms with Crippen LogP contribution in [0.5, 0.6) is 0 Å². The Hall–Kier alpha value is -0.790. The number of hydrogen-bond donors (Lipinski definition) is 0. The second kappa shape index (κ2) is 31.2. The molecule has 1 rings (SSSR count). The molecule has 43 heavy (non-hydrogen) atoms. The van der Waals surface area contributed by atoms with Crippen molar-refractivity contribution in [2.75, 3.05) is 0 Å². The lowest BCUT2D eigenvalue weighted by Gasteiger charge is -2.08. The van der Waals surface area contributed by atoms with Gasteiger partial charge >= 0.3 is 0 Å². The topological polar surface area (TPSA) is 8.81 Å². The highest BCUT2D eigenvalue weighted by molar-refractivity contribution is 4.89. The number of rotatable bonds is 34. The van der Waals surface area contributed by atoms with Crippen molar-refractivity contribution in [3.63, 3.8) is 0 Å². The molecule has 2 heteroatoms. The summed E-state index contributed by atoms with van der Waals surface area (Å²) in [6.45, 7) is 11.8. The zero-order valence-electron chi connectivity index (χ0n) is 30.5. The molecule has 0 aliphatic carbocycles. The predicted octanol–water partition coefficient (Wildman–Crippen LogP) is 14.0. The lowest BCUT2D eigenvalue weighted by atomic mass is 10.0. The van der Waals surface area contributed by atoms with E-state index in [2.05, 4.69) is 49.2 Å². The van der Waals surface area contributed by atoms with Crippen molar-refractivity contribution in [3.05, 3.63) is 18.2 Å². The summed E-state index contributed by atoms with van der Waals surface area (Å²) in [4.78, 5) is 0. The summed E-state index contributed by atoms with van der Waals surface area (Å²) in [5, 5.41) is 0. The molecule has 0 aromatic carbocycles. The summed E-state index contributed by atoms with van der Waals surface area (Å²) in [6.07, 6.45) is 49.4. The molecule has 0 saturated carbocycles. The van der Waals surface area contributed by atoms with Crippen LogP contribution in [0.4, 0.5) is 0 Å². The van der Waals surface area contributed by atoms with Crippen LogP contribution >= 0.6 is 0 Å². The third kappa shape index (κ3) is 24.2. The molecule has 1 heterocycles. The number of aryl methyl sites for hydroxylation is 2. The minimum atomic E-state index is 0.604. The molecule has 1 aromatic rings. The van der Waals surface area contributed by atoms with Gasteiger partial charge in [0.2, 0.25) is 0 Å². The van der Waals surface area contributed by atoms with Crippen LogP contribution in [-0.4, -0.2) is 4.57 Å². The van der Waals surface area contributed by atoms with Gasteiger partial charge in [0.1, 0.15) is 12.4 Å². The van der Waals surface area contributed by atoms with Gasteiger partial charge in [-0.25, -0.2) is 9.13 Å². The average Bonchev–Trinajstić information content (AvgIpc) is 3.41. The first-order chi connectivity index (χ1) is 21.2. The van der Waals surface area contributed by atoms with Crippen LogP contribution in [0.3, 0.4) is 0 Å². The predicted molar refractivity (Wildman–Crippen MR) is 193 cm³/mol. The summed E-state index contributed by atoms with van der Waals surface area (Å²) < 4.78 is 5.14. The molecule has 2 nitrogen and oxygen atoms in total. The van der Waals surface area contributed by atoms with Crippen LogP contribution in [0, 0.1) is 0 Å². The van der Waals surface area contributed by atoms with Crippen molar-refractivity contribution in [1.29, 1.82) is 0 Å². The van der Waals surface area contributed by atoms with Crippen molar-refractivity contribution in [2.45, 2.75) is 246 Å². The third-order valence-corrected chi connectivity index (χ3v) is 9.79. The summed E-state index contributed by atoms with van der Waals surface area (Å²) in [5.41, 5.74) is 0. The summed E-state index contributed by atoms with van der Waals surface area (Å²) in [6, 6.07) is 0. The van der Waals surface area contributed by atoms with Gasteiger partial charge in [-0.1, -0.05) is 201 Å². The molecule has 0 spiro atoms. The maximum absolute atomic E-state index is 2.57. The minimum Gasteiger partial charge on any atom is -0.234 e. The number of nitrogens with zero attached hydrogens (tertiary/aromatic N) is 2. The van der Waals surface area contributed by atoms with E-state index >= 15 is 0 Å². The molecule has 0 bridgehead atoms. The highest BCUT2D eigenvalue weighted by atomic mass is 15.1.